The van der Waals surface area contributed by atoms with E-state index in [1.54, 1.807) is 25.1 Å². The molecule has 0 radical (unpaired) electrons. The Hall–Kier alpha value is -1.90. The third kappa shape index (κ3) is 2.55. The lowest BCUT2D eigenvalue weighted by Crippen LogP contribution is -1.93. The molecule has 1 aromatic rings. The number of aliphatic hydroxyl groups excluding tert-OH is 1. The van der Waals surface area contributed by atoms with Crippen LogP contribution in [0, 0.1) is 23.7 Å². The summed E-state index contributed by atoms with van der Waals surface area (Å²) in [6, 6.07) is 6.54. The van der Waals surface area contributed by atoms with Crippen LogP contribution in [0.2, 0.25) is 0 Å². The summed E-state index contributed by atoms with van der Waals surface area (Å²) in [6.45, 7) is 1.67. The zero-order valence-electron chi connectivity index (χ0n) is 7.78. The molecule has 2 nitrogen and oxygen atoms in total. The molecule has 0 spiro atoms. The summed E-state index contributed by atoms with van der Waals surface area (Å²) in [5.74, 6) is 10.1. The Morgan fingerprint density at radius 2 is 1.93 bits per heavy atom. The summed E-state index contributed by atoms with van der Waals surface area (Å²) in [5.41, 5.74) is 0.401. The zero-order chi connectivity index (χ0) is 10.4. The number of aromatic hydroxyl groups is 1. The molecule has 0 amide bonds. The number of hydrogen-bond donors (Lipinski definition) is 2. The molecule has 0 aromatic heterocycles. The third-order valence-electron chi connectivity index (χ3n) is 1.63. The number of hydrogen-bond acceptors (Lipinski definition) is 2. The largest absolute Gasteiger partial charge is 0.508 e. The quantitative estimate of drug-likeness (QED) is 0.652. The smallest absolute Gasteiger partial charge is 0.144 e. The van der Waals surface area contributed by atoms with E-state index in [9.17, 15) is 10.2 Å². The van der Waals surface area contributed by atoms with Gasteiger partial charge in [-0.2, -0.15) is 0 Å². The number of phenols is 1. The van der Waals surface area contributed by atoms with Crippen molar-refractivity contribution in [1.82, 2.24) is 0 Å². The van der Waals surface area contributed by atoms with Gasteiger partial charge in [-0.25, -0.2) is 0 Å². The first kappa shape index (κ1) is 10.2. The van der Waals surface area contributed by atoms with E-state index in [2.05, 4.69) is 23.7 Å². The van der Waals surface area contributed by atoms with Gasteiger partial charge in [-0.05, 0) is 24.8 Å². The molecule has 0 heterocycles. The first-order valence-corrected chi connectivity index (χ1v) is 4.14. The molecule has 0 saturated heterocycles. The van der Waals surface area contributed by atoms with Crippen LogP contribution in [0.3, 0.4) is 0 Å². The highest BCUT2D eigenvalue weighted by Gasteiger charge is 2.07. The minimum Gasteiger partial charge on any atom is -0.508 e. The molecular formula is C12H10O2. The molecule has 0 aliphatic heterocycles. The maximum Gasteiger partial charge on any atom is 0.144 e. The minimum absolute atomic E-state index is 0.0405. The van der Waals surface area contributed by atoms with E-state index in [1.807, 2.05) is 0 Å². The van der Waals surface area contributed by atoms with E-state index >= 15 is 0 Å². The molecular weight excluding hydrogens is 176 g/mol. The summed E-state index contributed by atoms with van der Waals surface area (Å²) in [5, 5.41) is 18.9. The minimum atomic E-state index is -0.989. The number of para-hydroxylation sites is 1. The average Bonchev–Trinajstić information content (AvgIpc) is 2.18. The average molecular weight is 186 g/mol. The number of rotatable bonds is 1. The van der Waals surface area contributed by atoms with Crippen molar-refractivity contribution in [3.05, 3.63) is 29.8 Å². The van der Waals surface area contributed by atoms with Crippen molar-refractivity contribution in [2.45, 2.75) is 13.0 Å². The number of benzene rings is 1. The van der Waals surface area contributed by atoms with Gasteiger partial charge in [0.15, 0.2) is 0 Å². The van der Waals surface area contributed by atoms with Gasteiger partial charge in [0.25, 0.3) is 0 Å². The lowest BCUT2D eigenvalue weighted by atomic mass is 10.1. The highest BCUT2D eigenvalue weighted by Crippen LogP contribution is 2.22. The van der Waals surface area contributed by atoms with Gasteiger partial charge in [0, 0.05) is 5.56 Å². The molecule has 2 N–H and O–H groups in total. The molecule has 1 rings (SSSR count). The van der Waals surface area contributed by atoms with Crippen LogP contribution < -0.4 is 0 Å². The van der Waals surface area contributed by atoms with Crippen LogP contribution in [0.5, 0.6) is 5.75 Å². The second kappa shape index (κ2) is 4.97. The highest BCUT2D eigenvalue weighted by atomic mass is 16.3. The van der Waals surface area contributed by atoms with E-state index in [1.165, 1.54) is 6.07 Å². The fourth-order valence-electron chi connectivity index (χ4n) is 0.963. The van der Waals surface area contributed by atoms with Crippen molar-refractivity contribution in [2.75, 3.05) is 0 Å². The lowest BCUT2D eigenvalue weighted by Gasteiger charge is -2.04. The molecule has 14 heavy (non-hydrogen) atoms. The molecule has 1 aromatic carbocycles. The van der Waals surface area contributed by atoms with Crippen LogP contribution in [0.1, 0.15) is 18.6 Å². The summed E-state index contributed by atoms with van der Waals surface area (Å²) in [7, 11) is 0. The number of phenolic OH excluding ortho intramolecular Hbond substituents is 1. The molecule has 0 aliphatic carbocycles. The van der Waals surface area contributed by atoms with Crippen LogP contribution in [-0.2, 0) is 0 Å². The highest BCUT2D eigenvalue weighted by molar-refractivity contribution is 5.39. The van der Waals surface area contributed by atoms with Gasteiger partial charge < -0.3 is 10.2 Å². The van der Waals surface area contributed by atoms with Crippen molar-refractivity contribution in [3.8, 4) is 29.4 Å². The monoisotopic (exact) mass is 186 g/mol. The van der Waals surface area contributed by atoms with E-state index in [-0.39, 0.29) is 5.75 Å². The van der Waals surface area contributed by atoms with Gasteiger partial charge in [0.05, 0.1) is 0 Å². The fraction of sp³-hybridized carbons (Fsp3) is 0.167. The Kier molecular flexibility index (Phi) is 3.61. The summed E-state index contributed by atoms with van der Waals surface area (Å²) in [4.78, 5) is 0. The molecule has 1 atom stereocenters. The Labute approximate surface area is 83.2 Å². The van der Waals surface area contributed by atoms with Crippen molar-refractivity contribution >= 4 is 0 Å². The predicted molar refractivity (Wildman–Crippen MR) is 54.3 cm³/mol. The zero-order valence-corrected chi connectivity index (χ0v) is 7.78. The normalized spacial score (nSPS) is 10.4. The van der Waals surface area contributed by atoms with Crippen LogP contribution in [0.15, 0.2) is 24.3 Å². The first-order chi connectivity index (χ1) is 6.75. The summed E-state index contributed by atoms with van der Waals surface area (Å²) < 4.78 is 0. The van der Waals surface area contributed by atoms with Crippen molar-refractivity contribution < 1.29 is 10.2 Å². The fourth-order valence-corrected chi connectivity index (χ4v) is 0.963. The molecule has 0 fully saturated rings. The second-order valence-corrected chi connectivity index (χ2v) is 2.61. The maximum atomic E-state index is 9.53. The van der Waals surface area contributed by atoms with Gasteiger partial charge >= 0.3 is 0 Å². The molecule has 2 heteroatoms. The van der Waals surface area contributed by atoms with E-state index in [0.717, 1.165) is 0 Å². The van der Waals surface area contributed by atoms with Gasteiger partial charge in [0.1, 0.15) is 11.9 Å². The second-order valence-electron chi connectivity index (χ2n) is 2.61. The van der Waals surface area contributed by atoms with E-state index < -0.39 is 6.10 Å². The van der Waals surface area contributed by atoms with Crippen LogP contribution >= 0.6 is 0 Å². The van der Waals surface area contributed by atoms with E-state index in [4.69, 9.17) is 0 Å². The Morgan fingerprint density at radius 1 is 1.21 bits per heavy atom. The van der Waals surface area contributed by atoms with Crippen LogP contribution in [-0.4, -0.2) is 10.2 Å². The topological polar surface area (TPSA) is 40.5 Å². The van der Waals surface area contributed by atoms with Crippen LogP contribution in [0.4, 0.5) is 0 Å². The lowest BCUT2D eigenvalue weighted by molar-refractivity contribution is 0.233. The van der Waals surface area contributed by atoms with Gasteiger partial charge in [0.2, 0.25) is 0 Å². The van der Waals surface area contributed by atoms with Gasteiger partial charge in [-0.1, -0.05) is 30.0 Å². The van der Waals surface area contributed by atoms with Gasteiger partial charge in [-0.3, -0.25) is 0 Å². The van der Waals surface area contributed by atoms with Crippen molar-refractivity contribution in [2.24, 2.45) is 0 Å². The Morgan fingerprint density at radius 3 is 2.57 bits per heavy atom. The molecule has 0 aliphatic rings. The molecule has 0 unspecified atom stereocenters. The molecule has 0 saturated carbocycles. The standard InChI is InChI=1S/C12H10O2/c1-2-3-4-8-11(13)10-7-5-6-9-12(10)14/h5-7,9,11,13-14H,1H3/t11-/m0/s1. The predicted octanol–water partition coefficient (Wildman–Crippen LogP) is 1.45. The SMILES string of the molecule is CC#CC#C[C@H](O)c1ccccc1O. The summed E-state index contributed by atoms with van der Waals surface area (Å²) >= 11 is 0. The summed E-state index contributed by atoms with van der Waals surface area (Å²) in [6.07, 6.45) is -0.989. The maximum absolute atomic E-state index is 9.53. The van der Waals surface area contributed by atoms with Gasteiger partial charge in [-0.15, -0.1) is 0 Å². The van der Waals surface area contributed by atoms with Crippen LogP contribution in [0.25, 0.3) is 0 Å². The Balaban J connectivity index is 2.90. The van der Waals surface area contributed by atoms with E-state index in [0.29, 0.717) is 5.56 Å². The third-order valence-corrected chi connectivity index (χ3v) is 1.63. The van der Waals surface area contributed by atoms with Crippen molar-refractivity contribution in [1.29, 1.82) is 0 Å². The Bertz CT molecular complexity index is 427. The first-order valence-electron chi connectivity index (χ1n) is 4.14. The molecule has 70 valence electrons. The number of aliphatic hydroxyl groups is 1. The molecule has 0 bridgehead atoms. The van der Waals surface area contributed by atoms with Crippen molar-refractivity contribution in [3.63, 3.8) is 0 Å².